The maximum absolute atomic E-state index is 12.7. The number of fused-ring (bicyclic) bond motifs is 1. The van der Waals surface area contributed by atoms with Crippen LogP contribution in [0, 0.1) is 0 Å². The Morgan fingerprint density at radius 1 is 1.25 bits per heavy atom. The largest absolute Gasteiger partial charge is 0.283 e. The zero-order valence-corrected chi connectivity index (χ0v) is 14.9. The molecule has 0 bridgehead atoms. The number of rotatable bonds is 5. The van der Waals surface area contributed by atoms with Gasteiger partial charge in [-0.25, -0.2) is 9.97 Å². The standard InChI is InChI=1S/C17H13Cl2N3OS/c1-2-7-22-16(23)13-5-4-12(18)8-14(13)21-17(22)24-10-11-3-6-15(19)20-9-11/h2-6,8-9H,1,7,10H2. The third-order valence-electron chi connectivity index (χ3n) is 3.35. The average Bonchev–Trinajstić information content (AvgIpc) is 2.57. The summed E-state index contributed by atoms with van der Waals surface area (Å²) in [7, 11) is 0. The minimum atomic E-state index is -0.103. The maximum atomic E-state index is 12.7. The van der Waals surface area contributed by atoms with Gasteiger partial charge >= 0.3 is 0 Å². The lowest BCUT2D eigenvalue weighted by Crippen LogP contribution is -2.22. The summed E-state index contributed by atoms with van der Waals surface area (Å²) in [6.07, 6.45) is 3.39. The van der Waals surface area contributed by atoms with Crippen LogP contribution >= 0.6 is 35.0 Å². The van der Waals surface area contributed by atoms with Crippen molar-refractivity contribution in [3.8, 4) is 0 Å². The lowest BCUT2D eigenvalue weighted by molar-refractivity contribution is 0.671. The molecule has 1 aromatic carbocycles. The van der Waals surface area contributed by atoms with Gasteiger partial charge in [0, 0.05) is 23.5 Å². The van der Waals surface area contributed by atoms with Crippen LogP contribution in [0.25, 0.3) is 10.9 Å². The maximum Gasteiger partial charge on any atom is 0.262 e. The van der Waals surface area contributed by atoms with Gasteiger partial charge in [-0.05, 0) is 29.8 Å². The highest BCUT2D eigenvalue weighted by molar-refractivity contribution is 7.98. The summed E-state index contributed by atoms with van der Waals surface area (Å²) >= 11 is 13.3. The zero-order valence-electron chi connectivity index (χ0n) is 12.6. The van der Waals surface area contributed by atoms with Gasteiger partial charge in [-0.1, -0.05) is 47.1 Å². The molecule has 2 aromatic heterocycles. The summed E-state index contributed by atoms with van der Waals surface area (Å²) in [6, 6.07) is 8.73. The Kier molecular flexibility index (Phi) is 5.23. The monoisotopic (exact) mass is 377 g/mol. The lowest BCUT2D eigenvalue weighted by Gasteiger charge is -2.11. The molecule has 0 atom stereocenters. The van der Waals surface area contributed by atoms with E-state index in [0.717, 1.165) is 5.56 Å². The molecule has 0 unspecified atom stereocenters. The minimum absolute atomic E-state index is 0.103. The molecule has 0 aliphatic carbocycles. The highest BCUT2D eigenvalue weighted by atomic mass is 35.5. The Morgan fingerprint density at radius 3 is 2.79 bits per heavy atom. The SMILES string of the molecule is C=CCn1c(SCc2ccc(Cl)nc2)nc2cc(Cl)ccc2c1=O. The molecule has 2 heterocycles. The van der Waals surface area contributed by atoms with Crippen molar-refractivity contribution in [1.82, 2.24) is 14.5 Å². The highest BCUT2D eigenvalue weighted by Crippen LogP contribution is 2.23. The van der Waals surface area contributed by atoms with E-state index in [2.05, 4.69) is 16.5 Å². The number of hydrogen-bond donors (Lipinski definition) is 0. The van der Waals surface area contributed by atoms with E-state index in [9.17, 15) is 4.79 Å². The highest BCUT2D eigenvalue weighted by Gasteiger charge is 2.11. The molecule has 24 heavy (non-hydrogen) atoms. The van der Waals surface area contributed by atoms with E-state index in [1.165, 1.54) is 11.8 Å². The van der Waals surface area contributed by atoms with E-state index in [4.69, 9.17) is 23.2 Å². The first-order valence-electron chi connectivity index (χ1n) is 7.12. The van der Waals surface area contributed by atoms with Crippen LogP contribution in [0.3, 0.4) is 0 Å². The van der Waals surface area contributed by atoms with Gasteiger partial charge in [0.2, 0.25) is 0 Å². The summed E-state index contributed by atoms with van der Waals surface area (Å²) in [5.74, 6) is 0.625. The number of pyridine rings is 1. The van der Waals surface area contributed by atoms with Gasteiger partial charge in [-0.15, -0.1) is 6.58 Å². The average molecular weight is 378 g/mol. The quantitative estimate of drug-likeness (QED) is 0.282. The van der Waals surface area contributed by atoms with E-state index < -0.39 is 0 Å². The molecular formula is C17H13Cl2N3OS. The minimum Gasteiger partial charge on any atom is -0.283 e. The third-order valence-corrected chi connectivity index (χ3v) is 4.86. The molecule has 0 radical (unpaired) electrons. The van der Waals surface area contributed by atoms with Crippen molar-refractivity contribution in [2.24, 2.45) is 0 Å². The van der Waals surface area contributed by atoms with E-state index in [1.807, 2.05) is 6.07 Å². The van der Waals surface area contributed by atoms with Crippen molar-refractivity contribution in [3.63, 3.8) is 0 Å². The number of benzene rings is 1. The second-order valence-electron chi connectivity index (χ2n) is 5.04. The van der Waals surface area contributed by atoms with Gasteiger partial charge in [0.1, 0.15) is 5.15 Å². The summed E-state index contributed by atoms with van der Waals surface area (Å²) < 4.78 is 1.61. The first kappa shape index (κ1) is 17.0. The molecular weight excluding hydrogens is 365 g/mol. The molecule has 0 spiro atoms. The van der Waals surface area contributed by atoms with Gasteiger partial charge in [0.05, 0.1) is 10.9 Å². The lowest BCUT2D eigenvalue weighted by atomic mass is 10.2. The second kappa shape index (κ2) is 7.38. The van der Waals surface area contributed by atoms with Crippen molar-refractivity contribution in [3.05, 3.63) is 75.3 Å². The van der Waals surface area contributed by atoms with Crippen molar-refractivity contribution >= 4 is 45.9 Å². The normalized spacial score (nSPS) is 10.9. The topological polar surface area (TPSA) is 47.8 Å². The Balaban J connectivity index is 2.01. The van der Waals surface area contributed by atoms with Crippen molar-refractivity contribution < 1.29 is 0 Å². The van der Waals surface area contributed by atoms with E-state index in [0.29, 0.717) is 38.5 Å². The Labute approximate surface area is 153 Å². The van der Waals surface area contributed by atoms with E-state index >= 15 is 0 Å². The number of halogens is 2. The molecule has 4 nitrogen and oxygen atoms in total. The van der Waals surface area contributed by atoms with Crippen LogP contribution in [-0.2, 0) is 12.3 Å². The number of hydrogen-bond acceptors (Lipinski definition) is 4. The summed E-state index contributed by atoms with van der Waals surface area (Å²) in [5.41, 5.74) is 1.48. The number of thioether (sulfide) groups is 1. The molecule has 3 rings (SSSR count). The van der Waals surface area contributed by atoms with Crippen LogP contribution < -0.4 is 5.56 Å². The first-order chi connectivity index (χ1) is 11.6. The zero-order chi connectivity index (χ0) is 17.1. The number of aromatic nitrogens is 3. The fourth-order valence-corrected chi connectivity index (χ4v) is 3.43. The molecule has 0 aliphatic rings. The Bertz CT molecular complexity index is 954. The van der Waals surface area contributed by atoms with Crippen LogP contribution in [0.2, 0.25) is 10.2 Å². The van der Waals surface area contributed by atoms with E-state index in [-0.39, 0.29) is 5.56 Å². The van der Waals surface area contributed by atoms with Gasteiger partial charge in [0.25, 0.3) is 5.56 Å². The van der Waals surface area contributed by atoms with Gasteiger partial charge < -0.3 is 0 Å². The number of nitrogens with zero attached hydrogens (tertiary/aromatic N) is 3. The Morgan fingerprint density at radius 2 is 2.08 bits per heavy atom. The smallest absolute Gasteiger partial charge is 0.262 e. The second-order valence-corrected chi connectivity index (χ2v) is 6.80. The van der Waals surface area contributed by atoms with Crippen LogP contribution in [0.4, 0.5) is 0 Å². The van der Waals surface area contributed by atoms with Crippen molar-refractivity contribution in [1.29, 1.82) is 0 Å². The first-order valence-corrected chi connectivity index (χ1v) is 8.87. The summed E-state index contributed by atoms with van der Waals surface area (Å²) in [4.78, 5) is 21.3. The van der Waals surface area contributed by atoms with Crippen LogP contribution in [0.1, 0.15) is 5.56 Å². The molecule has 122 valence electrons. The van der Waals surface area contributed by atoms with Crippen LogP contribution in [-0.4, -0.2) is 14.5 Å². The van der Waals surface area contributed by atoms with Gasteiger partial charge in [-0.3, -0.25) is 9.36 Å². The molecule has 0 fully saturated rings. The molecule has 0 aliphatic heterocycles. The summed E-state index contributed by atoms with van der Waals surface area (Å²) in [5, 5.41) is 2.16. The predicted octanol–water partition coefficient (Wildman–Crippen LogP) is 4.58. The molecule has 0 N–H and O–H groups in total. The third kappa shape index (κ3) is 3.64. The number of allylic oxidation sites excluding steroid dienone is 1. The van der Waals surface area contributed by atoms with Crippen molar-refractivity contribution in [2.45, 2.75) is 17.5 Å². The van der Waals surface area contributed by atoms with E-state index in [1.54, 1.807) is 41.1 Å². The Hall–Kier alpha value is -1.82. The molecule has 0 saturated carbocycles. The van der Waals surface area contributed by atoms with Gasteiger partial charge in [0.15, 0.2) is 5.16 Å². The fourth-order valence-electron chi connectivity index (χ4n) is 2.21. The molecule has 0 amide bonds. The van der Waals surface area contributed by atoms with Crippen LogP contribution in [0.5, 0.6) is 0 Å². The molecule has 3 aromatic rings. The van der Waals surface area contributed by atoms with Crippen molar-refractivity contribution in [2.75, 3.05) is 0 Å². The predicted molar refractivity (Wildman–Crippen MR) is 100 cm³/mol. The molecule has 0 saturated heterocycles. The molecule has 7 heteroatoms. The van der Waals surface area contributed by atoms with Crippen LogP contribution in [0.15, 0.2) is 59.1 Å². The van der Waals surface area contributed by atoms with Gasteiger partial charge in [-0.2, -0.15) is 0 Å². The summed E-state index contributed by atoms with van der Waals surface area (Å²) in [6.45, 7) is 4.11. The fraction of sp³-hybridized carbons (Fsp3) is 0.118.